The van der Waals surface area contributed by atoms with Crippen LogP contribution in [-0.2, 0) is 4.79 Å². The summed E-state index contributed by atoms with van der Waals surface area (Å²) in [4.78, 5) is 13.9. The van der Waals surface area contributed by atoms with E-state index in [1.165, 1.54) is 0 Å². The molecule has 0 saturated carbocycles. The Balaban J connectivity index is 2.03. The molecule has 20 heavy (non-hydrogen) atoms. The van der Waals surface area contributed by atoms with Gasteiger partial charge in [-0.05, 0) is 31.9 Å². The van der Waals surface area contributed by atoms with Crippen molar-refractivity contribution in [2.45, 2.75) is 25.8 Å². The molecule has 2 N–H and O–H groups in total. The summed E-state index contributed by atoms with van der Waals surface area (Å²) in [6.45, 7) is 4.00. The third-order valence-electron chi connectivity index (χ3n) is 3.39. The van der Waals surface area contributed by atoms with Crippen molar-refractivity contribution in [3.05, 3.63) is 35.9 Å². The molecule has 1 fully saturated rings. The standard InChI is InChI=1S/C16H22N2O2/c1-2-20-15-8-4-3-6-13(15)9-10-16(19)18-11-5-7-14(17)12-18/h3-4,6,8-10,14H,2,5,7,11-12,17H2,1H3. The molecule has 1 unspecified atom stereocenters. The Morgan fingerprint density at radius 2 is 2.30 bits per heavy atom. The third kappa shape index (κ3) is 3.84. The van der Waals surface area contributed by atoms with Crippen LogP contribution < -0.4 is 10.5 Å². The first-order valence-corrected chi connectivity index (χ1v) is 7.15. The largest absolute Gasteiger partial charge is 0.493 e. The van der Waals surface area contributed by atoms with Crippen LogP contribution in [0.4, 0.5) is 0 Å². The number of rotatable bonds is 4. The molecular weight excluding hydrogens is 252 g/mol. The number of hydrogen-bond acceptors (Lipinski definition) is 3. The molecule has 0 aromatic heterocycles. The molecule has 108 valence electrons. The van der Waals surface area contributed by atoms with E-state index < -0.39 is 0 Å². The Hall–Kier alpha value is -1.81. The van der Waals surface area contributed by atoms with Crippen molar-refractivity contribution in [3.63, 3.8) is 0 Å². The highest BCUT2D eigenvalue weighted by atomic mass is 16.5. The van der Waals surface area contributed by atoms with Crippen LogP contribution in [0.3, 0.4) is 0 Å². The van der Waals surface area contributed by atoms with Gasteiger partial charge >= 0.3 is 0 Å². The van der Waals surface area contributed by atoms with Crippen molar-refractivity contribution in [2.75, 3.05) is 19.7 Å². The summed E-state index contributed by atoms with van der Waals surface area (Å²) in [5.74, 6) is 0.820. The summed E-state index contributed by atoms with van der Waals surface area (Å²) in [6.07, 6.45) is 5.40. The summed E-state index contributed by atoms with van der Waals surface area (Å²) >= 11 is 0. The summed E-state index contributed by atoms with van der Waals surface area (Å²) in [7, 11) is 0. The smallest absolute Gasteiger partial charge is 0.246 e. The van der Waals surface area contributed by atoms with Crippen molar-refractivity contribution in [2.24, 2.45) is 5.73 Å². The van der Waals surface area contributed by atoms with E-state index in [-0.39, 0.29) is 11.9 Å². The van der Waals surface area contributed by atoms with Gasteiger partial charge in [0, 0.05) is 30.8 Å². The van der Waals surface area contributed by atoms with E-state index in [0.717, 1.165) is 30.7 Å². The Morgan fingerprint density at radius 1 is 1.50 bits per heavy atom. The van der Waals surface area contributed by atoms with E-state index in [2.05, 4.69) is 0 Å². The minimum Gasteiger partial charge on any atom is -0.493 e. The van der Waals surface area contributed by atoms with Crippen LogP contribution in [0.2, 0.25) is 0 Å². The minimum absolute atomic E-state index is 0.0199. The van der Waals surface area contributed by atoms with Gasteiger partial charge in [0.15, 0.2) is 0 Å². The zero-order chi connectivity index (χ0) is 14.4. The predicted molar refractivity (Wildman–Crippen MR) is 80.4 cm³/mol. The van der Waals surface area contributed by atoms with Gasteiger partial charge in [0.1, 0.15) is 5.75 Å². The van der Waals surface area contributed by atoms with Crippen LogP contribution in [0.25, 0.3) is 6.08 Å². The second-order valence-corrected chi connectivity index (χ2v) is 4.99. The maximum absolute atomic E-state index is 12.1. The van der Waals surface area contributed by atoms with Crippen LogP contribution >= 0.6 is 0 Å². The quantitative estimate of drug-likeness (QED) is 0.855. The van der Waals surface area contributed by atoms with E-state index in [4.69, 9.17) is 10.5 Å². The molecule has 0 aliphatic carbocycles. The van der Waals surface area contributed by atoms with Gasteiger partial charge in [0.25, 0.3) is 0 Å². The van der Waals surface area contributed by atoms with Crippen LogP contribution in [0.5, 0.6) is 5.75 Å². The van der Waals surface area contributed by atoms with E-state index in [1.807, 2.05) is 42.2 Å². The molecule has 0 spiro atoms. The average molecular weight is 274 g/mol. The number of ether oxygens (including phenoxy) is 1. The molecule has 4 nitrogen and oxygen atoms in total. The van der Waals surface area contributed by atoms with Crippen molar-refractivity contribution in [3.8, 4) is 5.75 Å². The second-order valence-electron chi connectivity index (χ2n) is 4.99. The molecule has 1 aliphatic rings. The van der Waals surface area contributed by atoms with Crippen molar-refractivity contribution in [1.82, 2.24) is 4.90 Å². The topological polar surface area (TPSA) is 55.6 Å². The van der Waals surface area contributed by atoms with E-state index in [9.17, 15) is 4.79 Å². The number of nitrogens with two attached hydrogens (primary N) is 1. The fourth-order valence-electron chi connectivity index (χ4n) is 2.38. The first kappa shape index (κ1) is 14.6. The van der Waals surface area contributed by atoms with Crippen LogP contribution in [0.1, 0.15) is 25.3 Å². The van der Waals surface area contributed by atoms with Crippen LogP contribution in [0, 0.1) is 0 Å². The van der Waals surface area contributed by atoms with Crippen molar-refractivity contribution >= 4 is 12.0 Å². The van der Waals surface area contributed by atoms with E-state index in [0.29, 0.717) is 13.2 Å². The Morgan fingerprint density at radius 3 is 3.05 bits per heavy atom. The molecule has 1 atom stereocenters. The first-order valence-electron chi connectivity index (χ1n) is 7.15. The Labute approximate surface area is 120 Å². The fourth-order valence-corrected chi connectivity index (χ4v) is 2.38. The summed E-state index contributed by atoms with van der Waals surface area (Å²) in [5.41, 5.74) is 6.82. The van der Waals surface area contributed by atoms with Gasteiger partial charge in [0.05, 0.1) is 6.61 Å². The lowest BCUT2D eigenvalue weighted by Gasteiger charge is -2.29. The Kier molecular flexibility index (Phi) is 5.18. The average Bonchev–Trinajstić information content (AvgIpc) is 2.46. The third-order valence-corrected chi connectivity index (χ3v) is 3.39. The lowest BCUT2D eigenvalue weighted by atomic mass is 10.1. The van der Waals surface area contributed by atoms with E-state index >= 15 is 0 Å². The SMILES string of the molecule is CCOc1ccccc1C=CC(=O)N1CCCC(N)C1. The molecule has 1 saturated heterocycles. The zero-order valence-corrected chi connectivity index (χ0v) is 11.9. The number of carbonyl (C=O) groups excluding carboxylic acids is 1. The number of amides is 1. The number of likely N-dealkylation sites (tertiary alicyclic amines) is 1. The molecule has 0 bridgehead atoms. The lowest BCUT2D eigenvalue weighted by Crippen LogP contribution is -2.45. The van der Waals surface area contributed by atoms with Gasteiger partial charge in [-0.3, -0.25) is 4.79 Å². The second kappa shape index (κ2) is 7.10. The first-order chi connectivity index (χ1) is 9.70. The van der Waals surface area contributed by atoms with Crippen LogP contribution in [0.15, 0.2) is 30.3 Å². The molecule has 1 aliphatic heterocycles. The number of hydrogen-bond donors (Lipinski definition) is 1. The lowest BCUT2D eigenvalue weighted by molar-refractivity contribution is -0.127. The Bertz CT molecular complexity index is 485. The summed E-state index contributed by atoms with van der Waals surface area (Å²) < 4.78 is 5.54. The molecule has 1 aromatic carbocycles. The molecular formula is C16H22N2O2. The number of carbonyl (C=O) groups is 1. The van der Waals surface area contributed by atoms with Crippen molar-refractivity contribution < 1.29 is 9.53 Å². The monoisotopic (exact) mass is 274 g/mol. The van der Waals surface area contributed by atoms with Crippen LogP contribution in [-0.4, -0.2) is 36.5 Å². The molecule has 4 heteroatoms. The van der Waals surface area contributed by atoms with Gasteiger partial charge in [-0.25, -0.2) is 0 Å². The molecule has 0 radical (unpaired) electrons. The minimum atomic E-state index is 0.0199. The van der Waals surface area contributed by atoms with E-state index in [1.54, 1.807) is 6.08 Å². The fraction of sp³-hybridized carbons (Fsp3) is 0.438. The predicted octanol–water partition coefficient (Wildman–Crippen LogP) is 2.05. The zero-order valence-electron chi connectivity index (χ0n) is 11.9. The maximum atomic E-state index is 12.1. The molecule has 2 rings (SSSR count). The normalized spacial score (nSPS) is 19.3. The number of piperidine rings is 1. The number of para-hydroxylation sites is 1. The molecule has 1 aromatic rings. The van der Waals surface area contributed by atoms with Crippen molar-refractivity contribution in [1.29, 1.82) is 0 Å². The van der Waals surface area contributed by atoms with Gasteiger partial charge in [-0.2, -0.15) is 0 Å². The van der Waals surface area contributed by atoms with Gasteiger partial charge in [-0.1, -0.05) is 18.2 Å². The highest BCUT2D eigenvalue weighted by Crippen LogP contribution is 2.19. The summed E-state index contributed by atoms with van der Waals surface area (Å²) in [6, 6.07) is 7.81. The van der Waals surface area contributed by atoms with Gasteiger partial charge in [0.2, 0.25) is 5.91 Å². The van der Waals surface area contributed by atoms with Gasteiger partial charge < -0.3 is 15.4 Å². The highest BCUT2D eigenvalue weighted by Gasteiger charge is 2.19. The summed E-state index contributed by atoms with van der Waals surface area (Å²) in [5, 5.41) is 0. The highest BCUT2D eigenvalue weighted by molar-refractivity contribution is 5.92. The van der Waals surface area contributed by atoms with Gasteiger partial charge in [-0.15, -0.1) is 0 Å². The number of benzene rings is 1. The molecule has 1 amide bonds. The maximum Gasteiger partial charge on any atom is 0.246 e. The number of nitrogens with zero attached hydrogens (tertiary/aromatic N) is 1. The molecule has 1 heterocycles.